The van der Waals surface area contributed by atoms with Crippen LogP contribution in [0.4, 0.5) is 5.69 Å². The summed E-state index contributed by atoms with van der Waals surface area (Å²) in [5.74, 6) is 1.12. The van der Waals surface area contributed by atoms with Gasteiger partial charge in [0.15, 0.2) is 0 Å². The van der Waals surface area contributed by atoms with Gasteiger partial charge in [-0.25, -0.2) is 0 Å². The summed E-state index contributed by atoms with van der Waals surface area (Å²) in [4.78, 5) is 26.4. The van der Waals surface area contributed by atoms with Gasteiger partial charge in [-0.05, 0) is 42.5 Å². The third kappa shape index (κ3) is 4.11. The van der Waals surface area contributed by atoms with E-state index >= 15 is 0 Å². The standard InChI is InChI=1S/C18H15N3O3S/c19-10-13-3-5-14(6-4-13)20-18(23)16-11-25-12-21(16)17(22)8-7-15-2-1-9-24-15/h1-9,16H,11-12H2,(H,20,23)/b8-7+. The van der Waals surface area contributed by atoms with E-state index in [1.165, 1.54) is 29.0 Å². The molecule has 1 atom stereocenters. The van der Waals surface area contributed by atoms with Crippen molar-refractivity contribution < 1.29 is 14.0 Å². The zero-order valence-corrected chi connectivity index (χ0v) is 14.0. The SMILES string of the molecule is N#Cc1ccc(NC(=O)C2CSCN2C(=O)/C=C/c2ccco2)cc1. The number of nitriles is 1. The smallest absolute Gasteiger partial charge is 0.248 e. The average Bonchev–Trinajstić information content (AvgIpc) is 3.32. The highest BCUT2D eigenvalue weighted by Gasteiger charge is 2.33. The predicted octanol–water partition coefficient (Wildman–Crippen LogP) is 2.70. The molecule has 126 valence electrons. The van der Waals surface area contributed by atoms with Crippen LogP contribution in [0.5, 0.6) is 0 Å². The second-order valence-corrected chi connectivity index (χ2v) is 6.35. The summed E-state index contributed by atoms with van der Waals surface area (Å²) in [6, 6.07) is 11.6. The lowest BCUT2D eigenvalue weighted by Gasteiger charge is -2.21. The summed E-state index contributed by atoms with van der Waals surface area (Å²) in [6.45, 7) is 0. The van der Waals surface area contributed by atoms with E-state index in [0.29, 0.717) is 28.6 Å². The second-order valence-electron chi connectivity index (χ2n) is 5.35. The van der Waals surface area contributed by atoms with E-state index in [1.54, 1.807) is 42.5 Å². The maximum Gasteiger partial charge on any atom is 0.248 e. The van der Waals surface area contributed by atoms with Crippen LogP contribution in [0.15, 0.2) is 53.2 Å². The summed E-state index contributed by atoms with van der Waals surface area (Å²) in [6.07, 6.45) is 4.53. The van der Waals surface area contributed by atoms with E-state index in [9.17, 15) is 9.59 Å². The van der Waals surface area contributed by atoms with Gasteiger partial charge in [-0.15, -0.1) is 11.8 Å². The highest BCUT2D eigenvalue weighted by Crippen LogP contribution is 2.23. The van der Waals surface area contributed by atoms with Gasteiger partial charge < -0.3 is 14.6 Å². The zero-order valence-electron chi connectivity index (χ0n) is 13.2. The van der Waals surface area contributed by atoms with Crippen molar-refractivity contribution in [2.24, 2.45) is 0 Å². The Morgan fingerprint density at radius 3 is 2.80 bits per heavy atom. The number of nitrogens with zero attached hydrogens (tertiary/aromatic N) is 2. The highest BCUT2D eigenvalue weighted by atomic mass is 32.2. The van der Waals surface area contributed by atoms with E-state index < -0.39 is 6.04 Å². The number of furan rings is 1. The van der Waals surface area contributed by atoms with Crippen LogP contribution in [0.3, 0.4) is 0 Å². The van der Waals surface area contributed by atoms with Crippen molar-refractivity contribution in [3.8, 4) is 6.07 Å². The second kappa shape index (κ2) is 7.73. The van der Waals surface area contributed by atoms with Crippen LogP contribution in [0.1, 0.15) is 11.3 Å². The molecule has 1 unspecified atom stereocenters. The molecule has 0 aliphatic carbocycles. The zero-order chi connectivity index (χ0) is 17.6. The summed E-state index contributed by atoms with van der Waals surface area (Å²) in [5, 5.41) is 11.6. The molecule has 1 N–H and O–H groups in total. The van der Waals surface area contributed by atoms with Crippen molar-refractivity contribution in [2.75, 3.05) is 16.9 Å². The normalized spacial score (nSPS) is 16.8. The van der Waals surface area contributed by atoms with Crippen LogP contribution in [0.2, 0.25) is 0 Å². The summed E-state index contributed by atoms with van der Waals surface area (Å²) in [7, 11) is 0. The predicted molar refractivity (Wildman–Crippen MR) is 95.5 cm³/mol. The molecule has 1 aliphatic rings. The summed E-state index contributed by atoms with van der Waals surface area (Å²) in [5.41, 5.74) is 1.12. The molecule has 2 amide bonds. The number of hydrogen-bond donors (Lipinski definition) is 1. The van der Waals surface area contributed by atoms with Crippen LogP contribution in [-0.2, 0) is 9.59 Å². The number of amides is 2. The van der Waals surface area contributed by atoms with Gasteiger partial charge in [0.05, 0.1) is 23.8 Å². The molecule has 2 aromatic rings. The Hall–Kier alpha value is -2.98. The highest BCUT2D eigenvalue weighted by molar-refractivity contribution is 7.99. The third-order valence-corrected chi connectivity index (χ3v) is 4.70. The minimum Gasteiger partial charge on any atom is -0.465 e. The minimum atomic E-state index is -0.533. The molecule has 1 aromatic heterocycles. The van der Waals surface area contributed by atoms with Crippen molar-refractivity contribution >= 4 is 35.3 Å². The van der Waals surface area contributed by atoms with Crippen LogP contribution < -0.4 is 5.32 Å². The lowest BCUT2D eigenvalue weighted by molar-refractivity contribution is -0.132. The van der Waals surface area contributed by atoms with Gasteiger partial charge in [-0.1, -0.05) is 0 Å². The topological polar surface area (TPSA) is 86.3 Å². The van der Waals surface area contributed by atoms with Gasteiger partial charge in [0.1, 0.15) is 11.8 Å². The number of carbonyl (C=O) groups is 2. The fourth-order valence-electron chi connectivity index (χ4n) is 2.37. The first-order valence-corrected chi connectivity index (χ1v) is 8.74. The van der Waals surface area contributed by atoms with Crippen molar-refractivity contribution in [3.05, 3.63) is 60.1 Å². The van der Waals surface area contributed by atoms with E-state index in [0.717, 1.165) is 0 Å². The first kappa shape index (κ1) is 16.9. The maximum atomic E-state index is 12.5. The van der Waals surface area contributed by atoms with Gasteiger partial charge in [0, 0.05) is 17.5 Å². The Morgan fingerprint density at radius 1 is 1.32 bits per heavy atom. The fourth-order valence-corrected chi connectivity index (χ4v) is 3.53. The number of benzene rings is 1. The van der Waals surface area contributed by atoms with Crippen molar-refractivity contribution in [1.29, 1.82) is 5.26 Å². The van der Waals surface area contributed by atoms with E-state index in [1.807, 2.05) is 6.07 Å². The van der Waals surface area contributed by atoms with Crippen LogP contribution in [-0.4, -0.2) is 34.4 Å². The summed E-state index contributed by atoms with van der Waals surface area (Å²) >= 11 is 1.53. The Kier molecular flexibility index (Phi) is 5.21. The van der Waals surface area contributed by atoms with Gasteiger partial charge in [-0.2, -0.15) is 5.26 Å². The van der Waals surface area contributed by atoms with Crippen LogP contribution >= 0.6 is 11.8 Å². The molecule has 1 saturated heterocycles. The average molecular weight is 353 g/mol. The Morgan fingerprint density at radius 2 is 2.12 bits per heavy atom. The molecule has 1 aliphatic heterocycles. The quantitative estimate of drug-likeness (QED) is 0.854. The fraction of sp³-hybridized carbons (Fsp3) is 0.167. The molecule has 6 nitrogen and oxygen atoms in total. The summed E-state index contributed by atoms with van der Waals surface area (Å²) < 4.78 is 5.15. The van der Waals surface area contributed by atoms with E-state index in [2.05, 4.69) is 5.32 Å². The molecule has 1 aromatic carbocycles. The molecule has 1 fully saturated rings. The minimum absolute atomic E-state index is 0.235. The molecule has 0 radical (unpaired) electrons. The monoisotopic (exact) mass is 353 g/mol. The number of anilines is 1. The number of rotatable bonds is 4. The number of nitrogens with one attached hydrogen (secondary N) is 1. The van der Waals surface area contributed by atoms with Crippen molar-refractivity contribution in [3.63, 3.8) is 0 Å². The molecule has 7 heteroatoms. The Balaban J connectivity index is 1.64. The third-order valence-electron chi connectivity index (χ3n) is 3.68. The van der Waals surface area contributed by atoms with Gasteiger partial charge in [-0.3, -0.25) is 9.59 Å². The van der Waals surface area contributed by atoms with Gasteiger partial charge in [0.25, 0.3) is 0 Å². The molecule has 0 saturated carbocycles. The van der Waals surface area contributed by atoms with E-state index in [-0.39, 0.29) is 11.8 Å². The van der Waals surface area contributed by atoms with E-state index in [4.69, 9.17) is 9.68 Å². The van der Waals surface area contributed by atoms with Crippen molar-refractivity contribution in [2.45, 2.75) is 6.04 Å². The lowest BCUT2D eigenvalue weighted by Crippen LogP contribution is -2.43. The van der Waals surface area contributed by atoms with Crippen molar-refractivity contribution in [1.82, 2.24) is 4.90 Å². The number of thioether (sulfide) groups is 1. The lowest BCUT2D eigenvalue weighted by atomic mass is 10.2. The Bertz CT molecular complexity index is 822. The largest absolute Gasteiger partial charge is 0.465 e. The molecular weight excluding hydrogens is 338 g/mol. The number of carbonyl (C=O) groups excluding carboxylic acids is 2. The Labute approximate surface area is 149 Å². The molecule has 2 heterocycles. The van der Waals surface area contributed by atoms with Crippen LogP contribution in [0.25, 0.3) is 6.08 Å². The molecule has 0 bridgehead atoms. The molecule has 0 spiro atoms. The first-order valence-electron chi connectivity index (χ1n) is 7.58. The maximum absolute atomic E-state index is 12.5. The first-order chi connectivity index (χ1) is 12.2. The molecule has 3 rings (SSSR count). The molecular formula is C18H15N3O3S. The molecule has 25 heavy (non-hydrogen) atoms. The van der Waals surface area contributed by atoms with Gasteiger partial charge >= 0.3 is 0 Å². The van der Waals surface area contributed by atoms with Crippen LogP contribution in [0, 0.1) is 11.3 Å². The number of hydrogen-bond acceptors (Lipinski definition) is 5. The van der Waals surface area contributed by atoms with Gasteiger partial charge in [0.2, 0.25) is 11.8 Å².